The van der Waals surface area contributed by atoms with Crippen molar-refractivity contribution < 1.29 is 13.2 Å². The van der Waals surface area contributed by atoms with Gasteiger partial charge in [0.15, 0.2) is 0 Å². The maximum atomic E-state index is 12.4. The average molecular weight is 318 g/mol. The molecule has 0 radical (unpaired) electrons. The molecule has 0 unspecified atom stereocenters. The SMILES string of the molecule is CCNCc1n[nH]c(C)c1S(=O)(=O)NCCCCCOC. The fourth-order valence-corrected chi connectivity index (χ4v) is 3.45. The predicted molar refractivity (Wildman–Crippen MR) is 81.6 cm³/mol. The number of nitrogens with one attached hydrogen (secondary N) is 3. The summed E-state index contributed by atoms with van der Waals surface area (Å²) in [5.41, 5.74) is 1.09. The number of H-pyrrole nitrogens is 1. The van der Waals surface area contributed by atoms with Gasteiger partial charge in [0.25, 0.3) is 0 Å². The normalized spacial score (nSPS) is 12.0. The molecule has 0 atom stereocenters. The Balaban J connectivity index is 2.59. The summed E-state index contributed by atoms with van der Waals surface area (Å²) in [6.07, 6.45) is 2.67. The zero-order chi connectivity index (χ0) is 15.7. The van der Waals surface area contributed by atoms with Crippen molar-refractivity contribution in [3.05, 3.63) is 11.4 Å². The summed E-state index contributed by atoms with van der Waals surface area (Å²) in [5.74, 6) is 0. The van der Waals surface area contributed by atoms with Gasteiger partial charge in [0.2, 0.25) is 10.0 Å². The van der Waals surface area contributed by atoms with Crippen LogP contribution in [-0.2, 0) is 21.3 Å². The molecular formula is C13H26N4O3S. The van der Waals surface area contributed by atoms with Crippen molar-refractivity contribution in [1.29, 1.82) is 0 Å². The van der Waals surface area contributed by atoms with Gasteiger partial charge in [-0.25, -0.2) is 13.1 Å². The molecule has 21 heavy (non-hydrogen) atoms. The molecule has 0 saturated heterocycles. The van der Waals surface area contributed by atoms with Crippen LogP contribution in [0.1, 0.15) is 37.6 Å². The minimum Gasteiger partial charge on any atom is -0.385 e. The molecule has 0 bridgehead atoms. The van der Waals surface area contributed by atoms with Gasteiger partial charge in [0, 0.05) is 26.8 Å². The van der Waals surface area contributed by atoms with E-state index in [9.17, 15) is 8.42 Å². The predicted octanol–water partition coefficient (Wildman–Crippen LogP) is 0.923. The van der Waals surface area contributed by atoms with Crippen LogP contribution < -0.4 is 10.0 Å². The smallest absolute Gasteiger partial charge is 0.244 e. The van der Waals surface area contributed by atoms with Gasteiger partial charge in [-0.1, -0.05) is 6.92 Å². The first kappa shape index (κ1) is 18.1. The van der Waals surface area contributed by atoms with E-state index in [4.69, 9.17) is 4.74 Å². The first-order chi connectivity index (χ1) is 10.0. The van der Waals surface area contributed by atoms with Crippen molar-refractivity contribution in [3.63, 3.8) is 0 Å². The molecule has 0 amide bonds. The highest BCUT2D eigenvalue weighted by molar-refractivity contribution is 7.89. The number of hydrogen-bond acceptors (Lipinski definition) is 5. The van der Waals surface area contributed by atoms with E-state index in [0.717, 1.165) is 25.8 Å². The van der Waals surface area contributed by atoms with E-state index in [1.807, 2.05) is 6.92 Å². The molecule has 3 N–H and O–H groups in total. The van der Waals surface area contributed by atoms with E-state index >= 15 is 0 Å². The fourth-order valence-electron chi connectivity index (χ4n) is 2.02. The Labute approximate surface area is 126 Å². The van der Waals surface area contributed by atoms with Crippen molar-refractivity contribution >= 4 is 10.0 Å². The molecule has 1 heterocycles. The van der Waals surface area contributed by atoms with E-state index in [1.165, 1.54) is 0 Å². The highest BCUT2D eigenvalue weighted by Crippen LogP contribution is 2.17. The van der Waals surface area contributed by atoms with Gasteiger partial charge in [0.05, 0.1) is 11.4 Å². The molecule has 0 fully saturated rings. The molecule has 0 aliphatic heterocycles. The lowest BCUT2D eigenvalue weighted by atomic mass is 10.2. The third-order valence-electron chi connectivity index (χ3n) is 3.09. The van der Waals surface area contributed by atoms with Gasteiger partial charge >= 0.3 is 0 Å². The number of rotatable bonds is 11. The second-order valence-electron chi connectivity index (χ2n) is 4.86. The fraction of sp³-hybridized carbons (Fsp3) is 0.769. The molecule has 1 rings (SSSR count). The Morgan fingerprint density at radius 1 is 1.29 bits per heavy atom. The maximum Gasteiger partial charge on any atom is 0.244 e. The van der Waals surface area contributed by atoms with Crippen LogP contribution in [0.4, 0.5) is 0 Å². The summed E-state index contributed by atoms with van der Waals surface area (Å²) in [4.78, 5) is 0.264. The highest BCUT2D eigenvalue weighted by Gasteiger charge is 2.23. The van der Waals surface area contributed by atoms with Gasteiger partial charge in [-0.05, 0) is 32.7 Å². The number of methoxy groups -OCH3 is 1. The molecule has 122 valence electrons. The summed E-state index contributed by atoms with van der Waals surface area (Å²) >= 11 is 0. The minimum atomic E-state index is -3.52. The lowest BCUT2D eigenvalue weighted by Gasteiger charge is -2.08. The number of ether oxygens (including phenoxy) is 1. The van der Waals surface area contributed by atoms with Crippen molar-refractivity contribution in [3.8, 4) is 0 Å². The topological polar surface area (TPSA) is 96.1 Å². The number of hydrogen-bond donors (Lipinski definition) is 3. The standard InChI is InChI=1S/C13H26N4O3S/c1-4-14-10-12-13(11(2)16-17-12)21(18,19)15-8-6-5-7-9-20-3/h14-15H,4-10H2,1-3H3,(H,16,17). The summed E-state index contributed by atoms with van der Waals surface area (Å²) in [5, 5.41) is 9.90. The third-order valence-corrected chi connectivity index (χ3v) is 4.75. The van der Waals surface area contributed by atoms with E-state index in [2.05, 4.69) is 20.2 Å². The Morgan fingerprint density at radius 3 is 2.71 bits per heavy atom. The molecule has 1 aromatic rings. The number of nitrogens with zero attached hydrogens (tertiary/aromatic N) is 1. The molecule has 7 nitrogen and oxygen atoms in total. The van der Waals surface area contributed by atoms with Gasteiger partial charge in [-0.2, -0.15) is 5.10 Å². The van der Waals surface area contributed by atoms with E-state index in [0.29, 0.717) is 31.1 Å². The lowest BCUT2D eigenvalue weighted by Crippen LogP contribution is -2.27. The van der Waals surface area contributed by atoms with Crippen LogP contribution in [0.5, 0.6) is 0 Å². The Hall–Kier alpha value is -0.960. The largest absolute Gasteiger partial charge is 0.385 e. The van der Waals surface area contributed by atoms with Crippen LogP contribution in [0.2, 0.25) is 0 Å². The highest BCUT2D eigenvalue weighted by atomic mass is 32.2. The molecular weight excluding hydrogens is 292 g/mol. The Bertz CT molecular complexity index is 513. The van der Waals surface area contributed by atoms with Crippen LogP contribution in [0.15, 0.2) is 4.90 Å². The van der Waals surface area contributed by atoms with Crippen LogP contribution in [0.25, 0.3) is 0 Å². The van der Waals surface area contributed by atoms with Gasteiger partial charge in [0.1, 0.15) is 4.90 Å². The molecule has 8 heteroatoms. The monoisotopic (exact) mass is 318 g/mol. The molecule has 0 saturated carbocycles. The van der Waals surface area contributed by atoms with E-state index in [-0.39, 0.29) is 4.90 Å². The minimum absolute atomic E-state index is 0.264. The zero-order valence-electron chi connectivity index (χ0n) is 13.0. The molecule has 0 aromatic carbocycles. The zero-order valence-corrected chi connectivity index (χ0v) is 13.8. The summed E-state index contributed by atoms with van der Waals surface area (Å²) in [7, 11) is -1.85. The van der Waals surface area contributed by atoms with Crippen LogP contribution in [-0.4, -0.2) is 45.4 Å². The Morgan fingerprint density at radius 2 is 2.05 bits per heavy atom. The average Bonchev–Trinajstić information content (AvgIpc) is 2.82. The van der Waals surface area contributed by atoms with Gasteiger partial charge in [-0.3, -0.25) is 5.10 Å². The van der Waals surface area contributed by atoms with Crippen molar-refractivity contribution in [2.45, 2.75) is 44.6 Å². The number of aromatic amines is 1. The lowest BCUT2D eigenvalue weighted by molar-refractivity contribution is 0.192. The Kier molecular flexibility index (Phi) is 7.87. The number of aromatic nitrogens is 2. The van der Waals surface area contributed by atoms with E-state index in [1.54, 1.807) is 14.0 Å². The number of unbranched alkanes of at least 4 members (excludes halogenated alkanes) is 2. The van der Waals surface area contributed by atoms with Crippen molar-refractivity contribution in [2.75, 3.05) is 26.8 Å². The van der Waals surface area contributed by atoms with Crippen LogP contribution in [0.3, 0.4) is 0 Å². The summed E-state index contributed by atoms with van der Waals surface area (Å²) in [6.45, 7) is 6.02. The van der Waals surface area contributed by atoms with Crippen LogP contribution >= 0.6 is 0 Å². The van der Waals surface area contributed by atoms with E-state index < -0.39 is 10.0 Å². The van der Waals surface area contributed by atoms with Gasteiger partial charge < -0.3 is 10.1 Å². The molecule has 0 aliphatic rings. The third kappa shape index (κ3) is 5.74. The van der Waals surface area contributed by atoms with Crippen LogP contribution in [0, 0.1) is 6.92 Å². The quantitative estimate of drug-likeness (QED) is 0.527. The molecule has 0 spiro atoms. The first-order valence-corrected chi connectivity index (χ1v) is 8.74. The summed E-state index contributed by atoms with van der Waals surface area (Å²) < 4.78 is 32.3. The van der Waals surface area contributed by atoms with Gasteiger partial charge in [-0.15, -0.1) is 0 Å². The van der Waals surface area contributed by atoms with Crippen molar-refractivity contribution in [2.24, 2.45) is 0 Å². The first-order valence-electron chi connectivity index (χ1n) is 7.26. The van der Waals surface area contributed by atoms with Crippen molar-refractivity contribution in [1.82, 2.24) is 20.2 Å². The second-order valence-corrected chi connectivity index (χ2v) is 6.56. The summed E-state index contributed by atoms with van der Waals surface area (Å²) in [6, 6.07) is 0. The maximum absolute atomic E-state index is 12.4. The number of aryl methyl sites for hydroxylation is 1. The molecule has 1 aromatic heterocycles. The second kappa shape index (κ2) is 9.14. The number of sulfonamides is 1. The molecule has 0 aliphatic carbocycles.